The Bertz CT molecular complexity index is 1020. The number of benzene rings is 2. The maximum atomic E-state index is 11.2. The second-order valence-electron chi connectivity index (χ2n) is 5.88. The number of anilines is 1. The van der Waals surface area contributed by atoms with Gasteiger partial charge >= 0.3 is 0 Å². The minimum atomic E-state index is -0.708. The molecule has 2 aromatic carbocycles. The molecule has 0 unspecified atom stereocenters. The zero-order valence-electron chi connectivity index (χ0n) is 14.0. The van der Waals surface area contributed by atoms with E-state index < -0.39 is 5.91 Å². The summed E-state index contributed by atoms with van der Waals surface area (Å²) in [5.41, 5.74) is 7.41. The average Bonchev–Trinajstić information content (AvgIpc) is 3.07. The monoisotopic (exact) mass is 347 g/mol. The summed E-state index contributed by atoms with van der Waals surface area (Å²) in [6.07, 6.45) is 1.53. The van der Waals surface area contributed by atoms with Gasteiger partial charge in [0.05, 0.1) is 0 Å². The SMILES string of the molecule is CN(C)c1ccc2cc(-c3ccc(/C=C(\C#N)C(N)=O)s3)ccc2c1. The molecule has 0 atom stereocenters. The number of primary amides is 1. The van der Waals surface area contributed by atoms with Crippen LogP contribution in [0.2, 0.25) is 0 Å². The Morgan fingerprint density at radius 1 is 1.12 bits per heavy atom. The Kier molecular flexibility index (Phi) is 4.55. The van der Waals surface area contributed by atoms with Crippen molar-refractivity contribution in [2.45, 2.75) is 0 Å². The van der Waals surface area contributed by atoms with Crippen molar-refractivity contribution in [1.82, 2.24) is 0 Å². The van der Waals surface area contributed by atoms with E-state index in [2.05, 4.69) is 41.3 Å². The highest BCUT2D eigenvalue weighted by Crippen LogP contribution is 2.32. The zero-order valence-corrected chi connectivity index (χ0v) is 14.8. The third kappa shape index (κ3) is 3.54. The van der Waals surface area contributed by atoms with E-state index in [1.54, 1.807) is 0 Å². The minimum absolute atomic E-state index is 0.0388. The van der Waals surface area contributed by atoms with Crippen LogP contribution in [0.3, 0.4) is 0 Å². The van der Waals surface area contributed by atoms with Crippen molar-refractivity contribution in [1.29, 1.82) is 5.26 Å². The Morgan fingerprint density at radius 2 is 1.84 bits per heavy atom. The van der Waals surface area contributed by atoms with Gasteiger partial charge in [0.1, 0.15) is 11.6 Å². The van der Waals surface area contributed by atoms with Crippen LogP contribution < -0.4 is 10.6 Å². The minimum Gasteiger partial charge on any atom is -0.378 e. The van der Waals surface area contributed by atoms with Gasteiger partial charge in [-0.05, 0) is 52.7 Å². The fraction of sp³-hybridized carbons (Fsp3) is 0.100. The predicted octanol–water partition coefficient (Wildman–Crippen LogP) is 4.03. The summed E-state index contributed by atoms with van der Waals surface area (Å²) in [6.45, 7) is 0. The predicted molar refractivity (Wildman–Crippen MR) is 104 cm³/mol. The summed E-state index contributed by atoms with van der Waals surface area (Å²) in [6, 6.07) is 18.4. The van der Waals surface area contributed by atoms with E-state index in [1.165, 1.54) is 33.9 Å². The van der Waals surface area contributed by atoms with Gasteiger partial charge in [-0.15, -0.1) is 11.3 Å². The first-order valence-corrected chi connectivity index (χ1v) is 8.52. The van der Waals surface area contributed by atoms with Crippen LogP contribution in [0.5, 0.6) is 0 Å². The largest absolute Gasteiger partial charge is 0.378 e. The molecule has 0 aliphatic heterocycles. The molecule has 1 amide bonds. The van der Waals surface area contributed by atoms with Crippen LogP contribution in [-0.4, -0.2) is 20.0 Å². The van der Waals surface area contributed by atoms with Gasteiger partial charge in [-0.1, -0.05) is 18.2 Å². The van der Waals surface area contributed by atoms with Gasteiger partial charge in [-0.25, -0.2) is 0 Å². The van der Waals surface area contributed by atoms with Crippen molar-refractivity contribution in [2.75, 3.05) is 19.0 Å². The third-order valence-corrected chi connectivity index (χ3v) is 5.01. The molecular formula is C20H17N3OS. The molecule has 0 bridgehead atoms. The lowest BCUT2D eigenvalue weighted by atomic mass is 10.1. The number of carbonyl (C=O) groups is 1. The summed E-state index contributed by atoms with van der Waals surface area (Å²) in [5, 5.41) is 11.3. The van der Waals surface area contributed by atoms with E-state index in [0.29, 0.717) is 0 Å². The number of amides is 1. The van der Waals surface area contributed by atoms with E-state index in [-0.39, 0.29) is 5.57 Å². The number of hydrogen-bond donors (Lipinski definition) is 1. The average molecular weight is 347 g/mol. The van der Waals surface area contributed by atoms with Gasteiger partial charge in [0.15, 0.2) is 0 Å². The molecule has 0 spiro atoms. The van der Waals surface area contributed by atoms with Gasteiger partial charge < -0.3 is 10.6 Å². The third-order valence-electron chi connectivity index (χ3n) is 3.92. The topological polar surface area (TPSA) is 70.1 Å². The Morgan fingerprint density at radius 3 is 2.52 bits per heavy atom. The molecular weight excluding hydrogens is 330 g/mol. The molecule has 4 nitrogen and oxygen atoms in total. The van der Waals surface area contributed by atoms with Crippen LogP contribution in [0.4, 0.5) is 5.69 Å². The van der Waals surface area contributed by atoms with Crippen molar-refractivity contribution < 1.29 is 4.79 Å². The number of nitrogens with two attached hydrogens (primary N) is 1. The number of fused-ring (bicyclic) bond motifs is 1. The number of rotatable bonds is 4. The normalized spacial score (nSPS) is 11.3. The van der Waals surface area contributed by atoms with E-state index in [1.807, 2.05) is 32.3 Å². The molecule has 3 aromatic rings. The fourth-order valence-corrected chi connectivity index (χ4v) is 3.50. The summed E-state index contributed by atoms with van der Waals surface area (Å²) >= 11 is 1.52. The standard InChI is InChI=1S/C20H17N3OS/c1-23(2)17-6-5-13-9-15(4-3-14(13)10-17)19-8-7-18(25-19)11-16(12-21)20(22)24/h3-11H,1-2H3,(H2,22,24)/b16-11+. The summed E-state index contributed by atoms with van der Waals surface area (Å²) < 4.78 is 0. The van der Waals surface area contributed by atoms with Crippen LogP contribution in [0.25, 0.3) is 27.3 Å². The lowest BCUT2D eigenvalue weighted by Crippen LogP contribution is -2.12. The number of nitrogens with zero attached hydrogens (tertiary/aromatic N) is 2. The molecule has 124 valence electrons. The van der Waals surface area contributed by atoms with Gasteiger partial charge in [0, 0.05) is 29.5 Å². The molecule has 0 saturated heterocycles. The highest BCUT2D eigenvalue weighted by Gasteiger charge is 2.07. The molecule has 0 saturated carbocycles. The quantitative estimate of drug-likeness (QED) is 0.572. The first kappa shape index (κ1) is 16.7. The Labute approximate surface area is 150 Å². The molecule has 0 aliphatic carbocycles. The van der Waals surface area contributed by atoms with E-state index in [4.69, 9.17) is 11.0 Å². The molecule has 1 heterocycles. The van der Waals surface area contributed by atoms with Gasteiger partial charge in [-0.3, -0.25) is 4.79 Å². The molecule has 0 fully saturated rings. The molecule has 1 aromatic heterocycles. The second kappa shape index (κ2) is 6.80. The first-order chi connectivity index (χ1) is 12.0. The number of nitriles is 1. The Balaban J connectivity index is 1.96. The highest BCUT2D eigenvalue weighted by atomic mass is 32.1. The summed E-state index contributed by atoms with van der Waals surface area (Å²) in [4.78, 5) is 15.1. The molecule has 0 radical (unpaired) electrons. The number of thiophene rings is 1. The van der Waals surface area contributed by atoms with Crippen molar-refractivity contribution in [2.24, 2.45) is 5.73 Å². The maximum absolute atomic E-state index is 11.2. The Hall–Kier alpha value is -3.10. The summed E-state index contributed by atoms with van der Waals surface area (Å²) in [7, 11) is 4.05. The van der Waals surface area contributed by atoms with Crippen molar-refractivity contribution >= 4 is 39.8 Å². The zero-order chi connectivity index (χ0) is 18.0. The van der Waals surface area contributed by atoms with E-state index >= 15 is 0 Å². The lowest BCUT2D eigenvalue weighted by molar-refractivity contribution is -0.114. The first-order valence-electron chi connectivity index (χ1n) is 7.71. The van der Waals surface area contributed by atoms with E-state index in [9.17, 15) is 4.79 Å². The summed E-state index contributed by atoms with van der Waals surface area (Å²) in [5.74, 6) is -0.708. The van der Waals surface area contributed by atoms with Gasteiger partial charge in [0.25, 0.3) is 5.91 Å². The maximum Gasteiger partial charge on any atom is 0.259 e. The fourth-order valence-electron chi connectivity index (χ4n) is 2.55. The van der Waals surface area contributed by atoms with Crippen LogP contribution in [0.1, 0.15) is 4.88 Å². The van der Waals surface area contributed by atoms with Gasteiger partial charge in [0.2, 0.25) is 0 Å². The molecule has 25 heavy (non-hydrogen) atoms. The molecule has 0 aliphatic rings. The van der Waals surface area contributed by atoms with Gasteiger partial charge in [-0.2, -0.15) is 5.26 Å². The van der Waals surface area contributed by atoms with Crippen LogP contribution in [0, 0.1) is 11.3 Å². The second-order valence-corrected chi connectivity index (χ2v) is 6.99. The van der Waals surface area contributed by atoms with Crippen molar-refractivity contribution in [3.8, 4) is 16.5 Å². The number of carbonyl (C=O) groups excluding carboxylic acids is 1. The number of hydrogen-bond acceptors (Lipinski definition) is 4. The molecule has 2 N–H and O–H groups in total. The van der Waals surface area contributed by atoms with E-state index in [0.717, 1.165) is 15.3 Å². The highest BCUT2D eigenvalue weighted by molar-refractivity contribution is 7.16. The molecule has 3 rings (SSSR count). The van der Waals surface area contributed by atoms with Crippen molar-refractivity contribution in [3.05, 3.63) is 59.0 Å². The molecule has 5 heteroatoms. The van der Waals surface area contributed by atoms with Crippen LogP contribution >= 0.6 is 11.3 Å². The smallest absolute Gasteiger partial charge is 0.259 e. The lowest BCUT2D eigenvalue weighted by Gasteiger charge is -2.13. The van der Waals surface area contributed by atoms with Crippen LogP contribution in [0.15, 0.2) is 54.1 Å². The van der Waals surface area contributed by atoms with Crippen LogP contribution in [-0.2, 0) is 4.79 Å². The van der Waals surface area contributed by atoms with Crippen molar-refractivity contribution in [3.63, 3.8) is 0 Å².